The summed E-state index contributed by atoms with van der Waals surface area (Å²) < 4.78 is 13.2. The molecular weight excluding hydrogens is 261 g/mol. The highest BCUT2D eigenvalue weighted by Gasteiger charge is 2.23. The van der Waals surface area contributed by atoms with Crippen LogP contribution in [0.3, 0.4) is 0 Å². The molecule has 3 heteroatoms. The van der Waals surface area contributed by atoms with Crippen LogP contribution in [0.25, 0.3) is 0 Å². The highest BCUT2D eigenvalue weighted by atomic mass is 35.5. The molecule has 2 atom stereocenters. The van der Waals surface area contributed by atoms with E-state index >= 15 is 0 Å². The Morgan fingerprint density at radius 3 is 2.63 bits per heavy atom. The van der Waals surface area contributed by atoms with Gasteiger partial charge in [0.05, 0.1) is 5.02 Å². The summed E-state index contributed by atoms with van der Waals surface area (Å²) in [4.78, 5) is 0. The van der Waals surface area contributed by atoms with Gasteiger partial charge in [-0.05, 0) is 62.4 Å². The molecule has 2 rings (SSSR count). The predicted molar refractivity (Wildman–Crippen MR) is 79.1 cm³/mol. The Bertz CT molecular complexity index is 408. The van der Waals surface area contributed by atoms with Gasteiger partial charge in [0.25, 0.3) is 0 Å². The van der Waals surface area contributed by atoms with Crippen LogP contribution in [-0.2, 0) is 6.42 Å². The molecule has 2 unspecified atom stereocenters. The maximum Gasteiger partial charge on any atom is 0.141 e. The molecule has 1 nitrogen and oxygen atoms in total. The van der Waals surface area contributed by atoms with Crippen LogP contribution < -0.4 is 5.32 Å². The topological polar surface area (TPSA) is 12.0 Å². The van der Waals surface area contributed by atoms with Crippen LogP contribution >= 0.6 is 11.6 Å². The Morgan fingerprint density at radius 2 is 1.95 bits per heavy atom. The van der Waals surface area contributed by atoms with Gasteiger partial charge < -0.3 is 5.32 Å². The lowest BCUT2D eigenvalue weighted by atomic mass is 9.83. The van der Waals surface area contributed by atoms with E-state index in [0.29, 0.717) is 5.92 Å². The van der Waals surface area contributed by atoms with Crippen molar-refractivity contribution in [3.63, 3.8) is 0 Å². The average molecular weight is 284 g/mol. The quantitative estimate of drug-likeness (QED) is 0.806. The monoisotopic (exact) mass is 283 g/mol. The summed E-state index contributed by atoms with van der Waals surface area (Å²) in [5.74, 6) is 1.10. The minimum Gasteiger partial charge on any atom is -0.319 e. The predicted octanol–water partition coefficient (Wildman–Crippen LogP) is 4.44. The lowest BCUT2D eigenvalue weighted by Crippen LogP contribution is -2.26. The molecule has 106 valence electrons. The van der Waals surface area contributed by atoms with E-state index in [0.717, 1.165) is 18.9 Å². The van der Waals surface area contributed by atoms with E-state index in [4.69, 9.17) is 11.6 Å². The number of hydrogen-bond acceptors (Lipinski definition) is 1. The van der Waals surface area contributed by atoms with Gasteiger partial charge in [0, 0.05) is 0 Å². The first kappa shape index (κ1) is 14.8. The number of halogens is 2. The molecule has 0 aliphatic heterocycles. The Labute approximate surface area is 120 Å². The van der Waals surface area contributed by atoms with Gasteiger partial charge in [-0.15, -0.1) is 0 Å². The molecular formula is C16H23ClFN. The van der Waals surface area contributed by atoms with Gasteiger partial charge in [-0.1, -0.05) is 36.9 Å². The van der Waals surface area contributed by atoms with Crippen molar-refractivity contribution >= 4 is 11.6 Å². The van der Waals surface area contributed by atoms with Crippen LogP contribution in [0.4, 0.5) is 4.39 Å². The van der Waals surface area contributed by atoms with Gasteiger partial charge in [0.1, 0.15) is 5.82 Å². The van der Waals surface area contributed by atoms with Crippen molar-refractivity contribution in [2.24, 2.45) is 11.8 Å². The molecule has 19 heavy (non-hydrogen) atoms. The fraction of sp³-hybridized carbons (Fsp3) is 0.625. The van der Waals surface area contributed by atoms with Gasteiger partial charge >= 0.3 is 0 Å². The summed E-state index contributed by atoms with van der Waals surface area (Å²) >= 11 is 5.87. The van der Waals surface area contributed by atoms with Gasteiger partial charge in [-0.25, -0.2) is 4.39 Å². The van der Waals surface area contributed by atoms with E-state index < -0.39 is 0 Å². The van der Waals surface area contributed by atoms with E-state index in [1.807, 2.05) is 13.1 Å². The third kappa shape index (κ3) is 4.19. The molecule has 0 saturated heterocycles. The zero-order valence-electron chi connectivity index (χ0n) is 11.6. The molecule has 0 amide bonds. The molecule has 1 aliphatic rings. The molecule has 0 spiro atoms. The third-order valence-electron chi connectivity index (χ3n) is 4.26. The van der Waals surface area contributed by atoms with Crippen molar-refractivity contribution in [2.75, 3.05) is 13.6 Å². The molecule has 0 heterocycles. The Balaban J connectivity index is 2.06. The van der Waals surface area contributed by atoms with Crippen LogP contribution in [-0.4, -0.2) is 13.6 Å². The number of benzene rings is 1. The van der Waals surface area contributed by atoms with Crippen LogP contribution in [0, 0.1) is 17.7 Å². The van der Waals surface area contributed by atoms with Crippen LogP contribution in [0.15, 0.2) is 18.2 Å². The SMILES string of the molecule is CNCC1CCCCCC1Cc1ccc(F)c(Cl)c1. The minimum absolute atomic E-state index is 0.247. The summed E-state index contributed by atoms with van der Waals surface area (Å²) in [6.45, 7) is 1.08. The summed E-state index contributed by atoms with van der Waals surface area (Å²) in [6, 6.07) is 5.15. The van der Waals surface area contributed by atoms with E-state index in [1.54, 1.807) is 6.07 Å². The summed E-state index contributed by atoms with van der Waals surface area (Å²) in [6.07, 6.45) is 7.61. The van der Waals surface area contributed by atoms with Crippen LogP contribution in [0.5, 0.6) is 0 Å². The van der Waals surface area contributed by atoms with Crippen molar-refractivity contribution in [2.45, 2.75) is 38.5 Å². The number of rotatable bonds is 4. The lowest BCUT2D eigenvalue weighted by molar-refractivity contribution is 0.304. The molecule has 1 saturated carbocycles. The Kier molecular flexibility index (Phi) is 5.65. The number of hydrogen-bond donors (Lipinski definition) is 1. The van der Waals surface area contributed by atoms with E-state index in [9.17, 15) is 4.39 Å². The zero-order chi connectivity index (χ0) is 13.7. The molecule has 1 N–H and O–H groups in total. The molecule has 1 aromatic rings. The fourth-order valence-electron chi connectivity index (χ4n) is 3.23. The second-order valence-electron chi connectivity index (χ2n) is 5.67. The van der Waals surface area contributed by atoms with Crippen molar-refractivity contribution in [1.29, 1.82) is 0 Å². The second-order valence-corrected chi connectivity index (χ2v) is 6.08. The highest BCUT2D eigenvalue weighted by Crippen LogP contribution is 2.31. The van der Waals surface area contributed by atoms with Gasteiger partial charge in [-0.3, -0.25) is 0 Å². The van der Waals surface area contributed by atoms with Crippen molar-refractivity contribution in [3.8, 4) is 0 Å². The third-order valence-corrected chi connectivity index (χ3v) is 4.55. The molecule has 0 aromatic heterocycles. The maximum atomic E-state index is 13.2. The first-order valence-electron chi connectivity index (χ1n) is 7.29. The fourth-order valence-corrected chi connectivity index (χ4v) is 3.43. The van der Waals surface area contributed by atoms with Crippen molar-refractivity contribution in [3.05, 3.63) is 34.6 Å². The highest BCUT2D eigenvalue weighted by molar-refractivity contribution is 6.30. The standard InChI is InChI=1S/C16H23ClFN/c1-19-11-14-6-4-2-3-5-13(14)9-12-7-8-16(18)15(17)10-12/h7-8,10,13-14,19H,2-6,9,11H2,1H3. The Hall–Kier alpha value is -0.600. The first-order chi connectivity index (χ1) is 9.20. The van der Waals surface area contributed by atoms with Gasteiger partial charge in [-0.2, -0.15) is 0 Å². The normalized spacial score (nSPS) is 24.2. The smallest absolute Gasteiger partial charge is 0.141 e. The van der Waals surface area contributed by atoms with Gasteiger partial charge in [0.2, 0.25) is 0 Å². The second kappa shape index (κ2) is 7.25. The average Bonchev–Trinajstić information content (AvgIpc) is 2.61. The number of nitrogens with one attached hydrogen (secondary N) is 1. The molecule has 1 fully saturated rings. The van der Waals surface area contributed by atoms with E-state index in [2.05, 4.69) is 5.32 Å². The van der Waals surface area contributed by atoms with Gasteiger partial charge in [0.15, 0.2) is 0 Å². The molecule has 0 bridgehead atoms. The largest absolute Gasteiger partial charge is 0.319 e. The van der Waals surface area contributed by atoms with Crippen LogP contribution in [0.1, 0.15) is 37.7 Å². The van der Waals surface area contributed by atoms with E-state index in [1.165, 1.54) is 43.7 Å². The molecule has 1 aromatic carbocycles. The summed E-state index contributed by atoms with van der Waals surface area (Å²) in [5, 5.41) is 3.56. The molecule has 1 aliphatic carbocycles. The minimum atomic E-state index is -0.321. The maximum absolute atomic E-state index is 13.2. The zero-order valence-corrected chi connectivity index (χ0v) is 12.3. The summed E-state index contributed by atoms with van der Waals surface area (Å²) in [7, 11) is 2.02. The summed E-state index contributed by atoms with van der Waals surface area (Å²) in [5.41, 5.74) is 1.17. The Morgan fingerprint density at radius 1 is 1.21 bits per heavy atom. The van der Waals surface area contributed by atoms with Crippen molar-refractivity contribution in [1.82, 2.24) is 5.32 Å². The van der Waals surface area contributed by atoms with Crippen molar-refractivity contribution < 1.29 is 4.39 Å². The molecule has 0 radical (unpaired) electrons. The van der Waals surface area contributed by atoms with E-state index in [-0.39, 0.29) is 10.8 Å². The van der Waals surface area contributed by atoms with Crippen LogP contribution in [0.2, 0.25) is 5.02 Å². The first-order valence-corrected chi connectivity index (χ1v) is 7.67. The lowest BCUT2D eigenvalue weighted by Gasteiger charge is -2.25.